The number of amides is 1. The fraction of sp³-hybridized carbons (Fsp3) is 0.346. The SMILES string of the molecule is CC(OC(=O)c1c2c(nc3ccccc13)/C(=C/c1ccco1)CCC2)C(=O)NC(C)(C)C. The molecular formula is C26H28N2O4. The van der Waals surface area contributed by atoms with Crippen LogP contribution in [0.1, 0.15) is 67.9 Å². The van der Waals surface area contributed by atoms with Gasteiger partial charge in [0.2, 0.25) is 0 Å². The average molecular weight is 433 g/mol. The summed E-state index contributed by atoms with van der Waals surface area (Å²) >= 11 is 0. The van der Waals surface area contributed by atoms with Gasteiger partial charge >= 0.3 is 5.97 Å². The minimum absolute atomic E-state index is 0.323. The van der Waals surface area contributed by atoms with Gasteiger partial charge in [0.1, 0.15) is 5.76 Å². The fourth-order valence-corrected chi connectivity index (χ4v) is 4.00. The van der Waals surface area contributed by atoms with Gasteiger partial charge in [-0.05, 0) is 82.4 Å². The van der Waals surface area contributed by atoms with E-state index in [9.17, 15) is 9.59 Å². The number of para-hydroxylation sites is 1. The summed E-state index contributed by atoms with van der Waals surface area (Å²) in [7, 11) is 0. The Kier molecular flexibility index (Phi) is 5.87. The topological polar surface area (TPSA) is 81.4 Å². The number of ether oxygens (including phenoxy) is 1. The van der Waals surface area contributed by atoms with Crippen molar-refractivity contribution in [3.8, 4) is 0 Å². The van der Waals surface area contributed by atoms with Crippen molar-refractivity contribution in [1.29, 1.82) is 0 Å². The molecule has 0 bridgehead atoms. The van der Waals surface area contributed by atoms with Gasteiger partial charge in [0, 0.05) is 10.9 Å². The van der Waals surface area contributed by atoms with Gasteiger partial charge in [-0.15, -0.1) is 0 Å². The highest BCUT2D eigenvalue weighted by Crippen LogP contribution is 2.36. The summed E-state index contributed by atoms with van der Waals surface area (Å²) in [6.07, 6.45) is 5.16. The number of furan rings is 1. The fourth-order valence-electron chi connectivity index (χ4n) is 4.00. The highest BCUT2D eigenvalue weighted by molar-refractivity contribution is 6.07. The van der Waals surface area contributed by atoms with Crippen LogP contribution in [0, 0.1) is 0 Å². The van der Waals surface area contributed by atoms with Gasteiger partial charge < -0.3 is 14.5 Å². The molecule has 166 valence electrons. The number of allylic oxidation sites excluding steroid dienone is 1. The molecule has 1 unspecified atom stereocenters. The third kappa shape index (κ3) is 4.59. The van der Waals surface area contributed by atoms with Gasteiger partial charge in [-0.1, -0.05) is 18.2 Å². The second-order valence-electron chi connectivity index (χ2n) is 9.16. The summed E-state index contributed by atoms with van der Waals surface area (Å²) < 4.78 is 11.1. The molecule has 1 amide bonds. The Labute approximate surface area is 187 Å². The molecule has 1 atom stereocenters. The summed E-state index contributed by atoms with van der Waals surface area (Å²) in [5.74, 6) is -0.0773. The first-order chi connectivity index (χ1) is 15.2. The standard InChI is InChI=1S/C26H28N2O4/c1-16(24(29)28-26(2,3)4)32-25(30)22-19-11-5-6-13-21(19)27-23-17(9-7-12-20(22)23)15-18-10-8-14-31-18/h5-6,8,10-11,13-16H,7,9,12H2,1-4H3,(H,28,29)/b17-15+. The number of carbonyl (C=O) groups is 2. The molecule has 2 heterocycles. The number of fused-ring (bicyclic) bond motifs is 2. The molecular weight excluding hydrogens is 404 g/mol. The first-order valence-electron chi connectivity index (χ1n) is 10.9. The molecule has 0 fully saturated rings. The first kappa shape index (κ1) is 21.8. The summed E-state index contributed by atoms with van der Waals surface area (Å²) in [6.45, 7) is 7.26. The second kappa shape index (κ2) is 8.61. The van der Waals surface area contributed by atoms with Crippen LogP contribution < -0.4 is 5.32 Å². The van der Waals surface area contributed by atoms with Crippen LogP contribution in [0.15, 0.2) is 47.1 Å². The van der Waals surface area contributed by atoms with Gasteiger partial charge in [-0.2, -0.15) is 0 Å². The lowest BCUT2D eigenvalue weighted by molar-refractivity contribution is -0.130. The number of aromatic nitrogens is 1. The minimum atomic E-state index is -0.911. The molecule has 1 N–H and O–H groups in total. The number of hydrogen-bond donors (Lipinski definition) is 1. The number of pyridine rings is 1. The monoisotopic (exact) mass is 432 g/mol. The van der Waals surface area contributed by atoms with Crippen molar-refractivity contribution in [2.75, 3.05) is 0 Å². The highest BCUT2D eigenvalue weighted by atomic mass is 16.5. The summed E-state index contributed by atoms with van der Waals surface area (Å²) in [5, 5.41) is 3.59. The number of nitrogens with one attached hydrogen (secondary N) is 1. The summed E-state index contributed by atoms with van der Waals surface area (Å²) in [5.41, 5.74) is 3.49. The van der Waals surface area contributed by atoms with Crippen LogP contribution in [-0.2, 0) is 16.0 Å². The lowest BCUT2D eigenvalue weighted by Crippen LogP contribution is -2.46. The van der Waals surface area contributed by atoms with Crippen molar-refractivity contribution in [1.82, 2.24) is 10.3 Å². The van der Waals surface area contributed by atoms with E-state index in [2.05, 4.69) is 5.32 Å². The number of benzene rings is 1. The van der Waals surface area contributed by atoms with Crippen LogP contribution in [0.5, 0.6) is 0 Å². The predicted molar refractivity (Wildman–Crippen MR) is 124 cm³/mol. The number of carbonyl (C=O) groups excluding carboxylic acids is 2. The molecule has 1 aliphatic carbocycles. The molecule has 0 saturated carbocycles. The van der Waals surface area contributed by atoms with Crippen molar-refractivity contribution in [3.05, 3.63) is 65.2 Å². The molecule has 0 radical (unpaired) electrons. The van der Waals surface area contributed by atoms with E-state index < -0.39 is 17.6 Å². The number of esters is 1. The van der Waals surface area contributed by atoms with Gasteiger partial charge in [0.15, 0.2) is 6.10 Å². The van der Waals surface area contributed by atoms with Crippen molar-refractivity contribution >= 4 is 34.4 Å². The third-order valence-electron chi connectivity index (χ3n) is 5.39. The molecule has 2 aromatic heterocycles. The zero-order valence-electron chi connectivity index (χ0n) is 18.9. The van der Waals surface area contributed by atoms with E-state index in [1.807, 2.05) is 63.2 Å². The van der Waals surface area contributed by atoms with Crippen LogP contribution in [0.2, 0.25) is 0 Å². The van der Waals surface area contributed by atoms with E-state index in [1.54, 1.807) is 13.2 Å². The van der Waals surface area contributed by atoms with Crippen molar-refractivity contribution in [2.24, 2.45) is 0 Å². The number of hydrogen-bond acceptors (Lipinski definition) is 5. The summed E-state index contributed by atoms with van der Waals surface area (Å²) in [6, 6.07) is 11.3. The smallest absolute Gasteiger partial charge is 0.339 e. The normalized spacial score (nSPS) is 15.9. The van der Waals surface area contributed by atoms with Crippen molar-refractivity contribution in [3.63, 3.8) is 0 Å². The molecule has 1 aliphatic rings. The van der Waals surface area contributed by atoms with E-state index in [0.717, 1.165) is 52.8 Å². The number of rotatable bonds is 4. The molecule has 0 spiro atoms. The molecule has 0 aliphatic heterocycles. The Balaban J connectivity index is 1.76. The van der Waals surface area contributed by atoms with E-state index in [-0.39, 0.29) is 5.91 Å². The van der Waals surface area contributed by atoms with Crippen LogP contribution in [0.3, 0.4) is 0 Å². The Morgan fingerprint density at radius 3 is 2.66 bits per heavy atom. The first-order valence-corrected chi connectivity index (χ1v) is 10.9. The third-order valence-corrected chi connectivity index (χ3v) is 5.39. The lowest BCUT2D eigenvalue weighted by atomic mass is 9.86. The maximum Gasteiger partial charge on any atom is 0.339 e. The van der Waals surface area contributed by atoms with E-state index in [4.69, 9.17) is 14.1 Å². The largest absolute Gasteiger partial charge is 0.465 e. The van der Waals surface area contributed by atoms with Gasteiger partial charge in [0.05, 0.1) is 23.0 Å². The predicted octanol–water partition coefficient (Wildman–Crippen LogP) is 5.16. The molecule has 0 saturated heterocycles. The second-order valence-corrected chi connectivity index (χ2v) is 9.16. The van der Waals surface area contributed by atoms with Gasteiger partial charge in [-0.25, -0.2) is 9.78 Å². The average Bonchev–Trinajstić information content (AvgIpc) is 3.24. The maximum absolute atomic E-state index is 13.4. The quantitative estimate of drug-likeness (QED) is 0.576. The van der Waals surface area contributed by atoms with Gasteiger partial charge in [-0.3, -0.25) is 4.79 Å². The Hall–Kier alpha value is -3.41. The van der Waals surface area contributed by atoms with Gasteiger partial charge in [0.25, 0.3) is 5.91 Å². The molecule has 3 aromatic rings. The molecule has 4 rings (SSSR count). The lowest BCUT2D eigenvalue weighted by Gasteiger charge is -2.25. The molecule has 6 heteroatoms. The maximum atomic E-state index is 13.4. The Bertz CT molecular complexity index is 1190. The van der Waals surface area contributed by atoms with Crippen LogP contribution in [0.25, 0.3) is 22.6 Å². The van der Waals surface area contributed by atoms with E-state index in [0.29, 0.717) is 5.56 Å². The van der Waals surface area contributed by atoms with E-state index in [1.165, 1.54) is 0 Å². The summed E-state index contributed by atoms with van der Waals surface area (Å²) in [4.78, 5) is 30.7. The van der Waals surface area contributed by atoms with Crippen molar-refractivity contribution < 1.29 is 18.7 Å². The van der Waals surface area contributed by atoms with E-state index >= 15 is 0 Å². The zero-order valence-corrected chi connectivity index (χ0v) is 18.9. The zero-order chi connectivity index (χ0) is 22.9. The van der Waals surface area contributed by atoms with Crippen LogP contribution >= 0.6 is 0 Å². The molecule has 1 aromatic carbocycles. The highest BCUT2D eigenvalue weighted by Gasteiger charge is 2.29. The Morgan fingerprint density at radius 1 is 1.16 bits per heavy atom. The Morgan fingerprint density at radius 2 is 1.94 bits per heavy atom. The van der Waals surface area contributed by atoms with Crippen LogP contribution in [-0.4, -0.2) is 28.5 Å². The minimum Gasteiger partial charge on any atom is -0.465 e. The number of nitrogens with zero attached hydrogens (tertiary/aromatic N) is 1. The molecule has 6 nitrogen and oxygen atoms in total. The molecule has 32 heavy (non-hydrogen) atoms. The van der Waals surface area contributed by atoms with Crippen molar-refractivity contribution in [2.45, 2.75) is 58.6 Å². The van der Waals surface area contributed by atoms with Crippen LogP contribution in [0.4, 0.5) is 0 Å².